The monoisotopic (exact) mass is 304 g/mol. The van der Waals surface area contributed by atoms with E-state index in [-0.39, 0.29) is 5.60 Å². The summed E-state index contributed by atoms with van der Waals surface area (Å²) in [6.45, 7) is 4.06. The second kappa shape index (κ2) is 6.53. The lowest BCUT2D eigenvalue weighted by Gasteiger charge is -2.42. The van der Waals surface area contributed by atoms with E-state index in [1.165, 1.54) is 32.1 Å². The highest BCUT2D eigenvalue weighted by Crippen LogP contribution is 2.39. The molecule has 0 radical (unpaired) electrons. The third-order valence-corrected chi connectivity index (χ3v) is 5.44. The van der Waals surface area contributed by atoms with Gasteiger partial charge in [-0.2, -0.15) is 0 Å². The number of halogens is 1. The van der Waals surface area contributed by atoms with E-state index in [2.05, 4.69) is 22.9 Å². The molecule has 0 atom stereocenters. The van der Waals surface area contributed by atoms with Gasteiger partial charge in [-0.25, -0.2) is 0 Å². The van der Waals surface area contributed by atoms with Crippen molar-refractivity contribution in [2.45, 2.75) is 63.6 Å². The van der Waals surface area contributed by atoms with Crippen molar-refractivity contribution in [3.8, 4) is 0 Å². The molecule has 2 aliphatic rings. The summed E-state index contributed by atoms with van der Waals surface area (Å²) in [5.41, 5.74) is 0.119. The Labute approximate surface area is 114 Å². The molecule has 1 saturated heterocycles. The molecule has 17 heavy (non-hydrogen) atoms. The summed E-state index contributed by atoms with van der Waals surface area (Å²) in [6.07, 6.45) is 9.05. The van der Waals surface area contributed by atoms with Crippen LogP contribution in [-0.4, -0.2) is 30.2 Å². The van der Waals surface area contributed by atoms with Gasteiger partial charge in [-0.15, -0.1) is 0 Å². The van der Waals surface area contributed by atoms with Crippen molar-refractivity contribution >= 4 is 15.9 Å². The third kappa shape index (κ3) is 3.68. The van der Waals surface area contributed by atoms with Gasteiger partial charge < -0.3 is 9.47 Å². The van der Waals surface area contributed by atoms with Gasteiger partial charge in [0.25, 0.3) is 0 Å². The van der Waals surface area contributed by atoms with Crippen LogP contribution in [0.25, 0.3) is 0 Å². The van der Waals surface area contributed by atoms with Crippen molar-refractivity contribution < 1.29 is 9.47 Å². The molecular weight excluding hydrogens is 280 g/mol. The van der Waals surface area contributed by atoms with Gasteiger partial charge in [0.15, 0.2) is 0 Å². The van der Waals surface area contributed by atoms with Crippen molar-refractivity contribution in [3.63, 3.8) is 0 Å². The van der Waals surface area contributed by atoms with Gasteiger partial charge in [0.1, 0.15) is 0 Å². The Morgan fingerprint density at radius 1 is 1.18 bits per heavy atom. The summed E-state index contributed by atoms with van der Waals surface area (Å²) in [7, 11) is 0. The van der Waals surface area contributed by atoms with Crippen LogP contribution in [0.5, 0.6) is 0 Å². The van der Waals surface area contributed by atoms with E-state index in [0.717, 1.165) is 37.3 Å². The van der Waals surface area contributed by atoms with Crippen LogP contribution in [0.4, 0.5) is 0 Å². The van der Waals surface area contributed by atoms with Crippen LogP contribution < -0.4 is 0 Å². The predicted molar refractivity (Wildman–Crippen MR) is 73.7 cm³/mol. The first kappa shape index (κ1) is 13.8. The Morgan fingerprint density at radius 2 is 1.82 bits per heavy atom. The standard InChI is InChI=1S/C14H25BrO2/c1-2-12-3-7-14(11-15,8-4-12)17-13-5-9-16-10-6-13/h12-13H,2-11H2,1H3. The predicted octanol–water partition coefficient (Wildman–Crippen LogP) is 3.92. The van der Waals surface area contributed by atoms with Crippen LogP contribution in [0.2, 0.25) is 0 Å². The van der Waals surface area contributed by atoms with E-state index >= 15 is 0 Å². The van der Waals surface area contributed by atoms with Crippen LogP contribution in [0.1, 0.15) is 51.9 Å². The normalized spacial score (nSPS) is 36.0. The summed E-state index contributed by atoms with van der Waals surface area (Å²) < 4.78 is 11.8. The molecule has 3 heteroatoms. The molecule has 2 nitrogen and oxygen atoms in total. The molecule has 0 N–H and O–H groups in total. The zero-order chi connectivity index (χ0) is 12.1. The molecule has 1 heterocycles. The lowest BCUT2D eigenvalue weighted by Crippen LogP contribution is -2.43. The summed E-state index contributed by atoms with van der Waals surface area (Å²) in [5, 5.41) is 0.994. The van der Waals surface area contributed by atoms with Crippen LogP contribution >= 0.6 is 15.9 Å². The number of hydrogen-bond acceptors (Lipinski definition) is 2. The summed E-state index contributed by atoms with van der Waals surface area (Å²) in [4.78, 5) is 0. The van der Waals surface area contributed by atoms with E-state index in [1.807, 2.05) is 0 Å². The zero-order valence-corrected chi connectivity index (χ0v) is 12.5. The minimum absolute atomic E-state index is 0.119. The maximum Gasteiger partial charge on any atom is 0.0782 e. The number of rotatable bonds is 4. The zero-order valence-electron chi connectivity index (χ0n) is 10.9. The second-order valence-electron chi connectivity index (χ2n) is 5.60. The number of ether oxygens (including phenoxy) is 2. The molecule has 0 amide bonds. The average Bonchev–Trinajstić information content (AvgIpc) is 2.41. The Bertz CT molecular complexity index is 218. The first-order valence-corrected chi connectivity index (χ1v) is 8.21. The van der Waals surface area contributed by atoms with E-state index in [9.17, 15) is 0 Å². The van der Waals surface area contributed by atoms with Crippen LogP contribution in [-0.2, 0) is 9.47 Å². The van der Waals surface area contributed by atoms with Crippen molar-refractivity contribution in [1.82, 2.24) is 0 Å². The first-order chi connectivity index (χ1) is 8.28. The Hall–Kier alpha value is 0.400. The lowest BCUT2D eigenvalue weighted by molar-refractivity contribution is -0.132. The highest BCUT2D eigenvalue weighted by molar-refractivity contribution is 9.09. The molecule has 1 aliphatic heterocycles. The molecular formula is C14H25BrO2. The van der Waals surface area contributed by atoms with Crippen molar-refractivity contribution in [1.29, 1.82) is 0 Å². The molecule has 0 aromatic rings. The molecule has 0 spiro atoms. The third-order valence-electron chi connectivity index (χ3n) is 4.42. The molecule has 100 valence electrons. The van der Waals surface area contributed by atoms with Gasteiger partial charge in [0.2, 0.25) is 0 Å². The van der Waals surface area contributed by atoms with Gasteiger partial charge in [-0.1, -0.05) is 29.3 Å². The highest BCUT2D eigenvalue weighted by Gasteiger charge is 2.37. The summed E-state index contributed by atoms with van der Waals surface area (Å²) in [5.74, 6) is 0.931. The number of hydrogen-bond donors (Lipinski definition) is 0. The van der Waals surface area contributed by atoms with E-state index < -0.39 is 0 Å². The Morgan fingerprint density at radius 3 is 2.35 bits per heavy atom. The smallest absolute Gasteiger partial charge is 0.0782 e. The van der Waals surface area contributed by atoms with Gasteiger partial charge in [-0.05, 0) is 44.4 Å². The Kier molecular flexibility index (Phi) is 5.31. The van der Waals surface area contributed by atoms with E-state index in [0.29, 0.717) is 6.10 Å². The van der Waals surface area contributed by atoms with Crippen LogP contribution in [0.15, 0.2) is 0 Å². The minimum Gasteiger partial charge on any atom is -0.381 e. The SMILES string of the molecule is CCC1CCC(CBr)(OC2CCOCC2)CC1. The molecule has 1 saturated carbocycles. The summed E-state index contributed by atoms with van der Waals surface area (Å²) >= 11 is 3.68. The quantitative estimate of drug-likeness (QED) is 0.733. The van der Waals surface area contributed by atoms with Crippen molar-refractivity contribution in [2.75, 3.05) is 18.5 Å². The topological polar surface area (TPSA) is 18.5 Å². The largest absolute Gasteiger partial charge is 0.381 e. The fraction of sp³-hybridized carbons (Fsp3) is 1.00. The van der Waals surface area contributed by atoms with Crippen LogP contribution in [0.3, 0.4) is 0 Å². The Balaban J connectivity index is 1.86. The average molecular weight is 305 g/mol. The van der Waals surface area contributed by atoms with Gasteiger partial charge in [-0.3, -0.25) is 0 Å². The first-order valence-electron chi connectivity index (χ1n) is 7.09. The maximum absolute atomic E-state index is 6.43. The molecule has 0 bridgehead atoms. The fourth-order valence-corrected chi connectivity index (χ4v) is 3.74. The van der Waals surface area contributed by atoms with E-state index in [1.54, 1.807) is 0 Å². The fourth-order valence-electron chi connectivity index (χ4n) is 3.04. The second-order valence-corrected chi connectivity index (χ2v) is 6.16. The van der Waals surface area contributed by atoms with Gasteiger partial charge in [0.05, 0.1) is 11.7 Å². The van der Waals surface area contributed by atoms with Crippen molar-refractivity contribution in [3.05, 3.63) is 0 Å². The summed E-state index contributed by atoms with van der Waals surface area (Å²) in [6, 6.07) is 0. The van der Waals surface area contributed by atoms with Crippen molar-refractivity contribution in [2.24, 2.45) is 5.92 Å². The highest BCUT2D eigenvalue weighted by atomic mass is 79.9. The molecule has 1 aliphatic carbocycles. The molecule has 2 rings (SSSR count). The molecule has 0 unspecified atom stereocenters. The lowest BCUT2D eigenvalue weighted by atomic mass is 9.78. The minimum atomic E-state index is 0.119. The van der Waals surface area contributed by atoms with Gasteiger partial charge in [0, 0.05) is 18.5 Å². The number of alkyl halides is 1. The molecule has 2 fully saturated rings. The maximum atomic E-state index is 6.43. The van der Waals surface area contributed by atoms with Gasteiger partial charge >= 0.3 is 0 Å². The van der Waals surface area contributed by atoms with Crippen LogP contribution in [0, 0.1) is 5.92 Å². The molecule has 0 aromatic heterocycles. The molecule has 0 aromatic carbocycles. The van der Waals surface area contributed by atoms with E-state index in [4.69, 9.17) is 9.47 Å².